The van der Waals surface area contributed by atoms with Gasteiger partial charge in [0.15, 0.2) is 0 Å². The zero-order valence-electron chi connectivity index (χ0n) is 16.6. The predicted octanol–water partition coefficient (Wildman–Crippen LogP) is 1.43. The van der Waals surface area contributed by atoms with Crippen LogP contribution in [0.3, 0.4) is 0 Å². The van der Waals surface area contributed by atoms with Gasteiger partial charge >= 0.3 is 0 Å². The number of benzene rings is 1. The van der Waals surface area contributed by atoms with Crippen molar-refractivity contribution in [2.75, 3.05) is 49.1 Å². The summed E-state index contributed by atoms with van der Waals surface area (Å²) in [7, 11) is 0.430. The van der Waals surface area contributed by atoms with E-state index in [-0.39, 0.29) is 5.91 Å². The minimum absolute atomic E-state index is 0.315. The molecule has 1 aromatic carbocycles. The lowest BCUT2D eigenvalue weighted by Gasteiger charge is -2.25. The number of pyridine rings is 1. The number of anilines is 2. The summed E-state index contributed by atoms with van der Waals surface area (Å²) in [4.78, 5) is 18.3. The van der Waals surface area contributed by atoms with E-state index in [1.807, 2.05) is 12.1 Å². The van der Waals surface area contributed by atoms with Crippen molar-refractivity contribution in [3.05, 3.63) is 47.7 Å². The van der Waals surface area contributed by atoms with Gasteiger partial charge in [0.25, 0.3) is 5.91 Å². The predicted molar refractivity (Wildman–Crippen MR) is 119 cm³/mol. The standard InChI is InChI=1S/C19H26N6O2S2/c1-24(29(2)27)17-5-3-14(12-20)11-16(17)19(26)23-18-6-4-15(13-22-18)28-25-9-7-21-8-10-25/h3-6,11,13,21H,7-10,12,20H2,1-2H3,(H,22,23,26). The van der Waals surface area contributed by atoms with Crippen LogP contribution in [0.2, 0.25) is 0 Å². The topological polar surface area (TPSA) is 104 Å². The van der Waals surface area contributed by atoms with Crippen molar-refractivity contribution in [1.82, 2.24) is 14.6 Å². The quantitative estimate of drug-likeness (QED) is 0.567. The molecular formula is C19H26N6O2S2. The number of nitrogens with zero attached hydrogens (tertiary/aromatic N) is 3. The van der Waals surface area contributed by atoms with Crippen LogP contribution in [0.15, 0.2) is 41.4 Å². The Kier molecular flexibility index (Phi) is 7.62. The van der Waals surface area contributed by atoms with Gasteiger partial charge in [-0.25, -0.2) is 13.5 Å². The summed E-state index contributed by atoms with van der Waals surface area (Å²) in [5.74, 6) is 0.145. The Labute approximate surface area is 178 Å². The molecule has 1 saturated heterocycles. The molecule has 29 heavy (non-hydrogen) atoms. The third-order valence-electron chi connectivity index (χ3n) is 4.55. The molecule has 0 radical (unpaired) electrons. The second-order valence-corrected chi connectivity index (χ2v) is 9.15. The monoisotopic (exact) mass is 434 g/mol. The zero-order chi connectivity index (χ0) is 20.8. The number of hydrogen-bond donors (Lipinski definition) is 3. The molecule has 2 heterocycles. The summed E-state index contributed by atoms with van der Waals surface area (Å²) in [6.45, 7) is 4.24. The van der Waals surface area contributed by atoms with Gasteiger partial charge in [0.1, 0.15) is 16.8 Å². The molecular weight excluding hydrogens is 408 g/mol. The lowest BCUT2D eigenvalue weighted by Crippen LogP contribution is -2.39. The molecule has 1 amide bonds. The average molecular weight is 435 g/mol. The van der Waals surface area contributed by atoms with Crippen LogP contribution < -0.4 is 20.7 Å². The van der Waals surface area contributed by atoms with Crippen LogP contribution in [-0.4, -0.2) is 58.9 Å². The average Bonchev–Trinajstić information content (AvgIpc) is 2.74. The first-order valence-electron chi connectivity index (χ1n) is 9.29. The summed E-state index contributed by atoms with van der Waals surface area (Å²) in [6, 6.07) is 9.05. The minimum Gasteiger partial charge on any atom is -0.326 e. The van der Waals surface area contributed by atoms with Gasteiger partial charge in [-0.1, -0.05) is 6.07 Å². The molecule has 1 fully saturated rings. The Morgan fingerprint density at radius 2 is 2.10 bits per heavy atom. The van der Waals surface area contributed by atoms with Crippen molar-refractivity contribution in [2.45, 2.75) is 11.4 Å². The summed E-state index contributed by atoms with van der Waals surface area (Å²) < 4.78 is 15.7. The molecule has 156 valence electrons. The van der Waals surface area contributed by atoms with Crippen LogP contribution in [0.4, 0.5) is 11.5 Å². The number of nitrogens with two attached hydrogens (primary N) is 1. The zero-order valence-corrected chi connectivity index (χ0v) is 18.2. The third kappa shape index (κ3) is 5.77. The Bertz CT molecular complexity index is 872. The molecule has 1 aromatic heterocycles. The Hall–Kier alpha value is -1.98. The van der Waals surface area contributed by atoms with Crippen molar-refractivity contribution in [2.24, 2.45) is 5.73 Å². The third-order valence-corrected chi connectivity index (χ3v) is 6.60. The van der Waals surface area contributed by atoms with E-state index in [0.717, 1.165) is 36.6 Å². The summed E-state index contributed by atoms with van der Waals surface area (Å²) in [5.41, 5.74) is 7.53. The maximum atomic E-state index is 12.9. The number of carbonyl (C=O) groups is 1. The number of nitrogens with one attached hydrogen (secondary N) is 2. The fraction of sp³-hybridized carbons (Fsp3) is 0.368. The van der Waals surface area contributed by atoms with E-state index >= 15 is 0 Å². The normalized spacial score (nSPS) is 15.7. The Balaban J connectivity index is 1.73. The molecule has 2 aromatic rings. The van der Waals surface area contributed by atoms with Crippen molar-refractivity contribution in [3.8, 4) is 0 Å². The summed E-state index contributed by atoms with van der Waals surface area (Å²) in [6.07, 6.45) is 3.32. The highest BCUT2D eigenvalue weighted by molar-refractivity contribution is 7.97. The molecule has 1 aliphatic rings. The Morgan fingerprint density at radius 3 is 2.72 bits per heavy atom. The van der Waals surface area contributed by atoms with E-state index in [0.29, 0.717) is 23.6 Å². The molecule has 3 rings (SSSR count). The van der Waals surface area contributed by atoms with E-state index in [1.54, 1.807) is 54.0 Å². The molecule has 0 bridgehead atoms. The van der Waals surface area contributed by atoms with Crippen LogP contribution in [-0.2, 0) is 17.5 Å². The first-order valence-corrected chi connectivity index (χ1v) is 11.6. The molecule has 10 heteroatoms. The SMILES string of the molecule is CN(c1ccc(CN)cc1C(=O)Nc1ccc(SN2CCNCC2)cn1)S(C)=O. The first kappa shape index (κ1) is 21.7. The lowest BCUT2D eigenvalue weighted by molar-refractivity contribution is 0.102. The summed E-state index contributed by atoms with van der Waals surface area (Å²) in [5, 5.41) is 6.15. The first-order chi connectivity index (χ1) is 14.0. The van der Waals surface area contributed by atoms with Gasteiger partial charge in [-0.15, -0.1) is 0 Å². The van der Waals surface area contributed by atoms with Gasteiger partial charge in [-0.3, -0.25) is 9.10 Å². The number of amides is 1. The van der Waals surface area contributed by atoms with Crippen molar-refractivity contribution >= 4 is 40.3 Å². The highest BCUT2D eigenvalue weighted by atomic mass is 32.2. The van der Waals surface area contributed by atoms with Crippen molar-refractivity contribution in [3.63, 3.8) is 0 Å². The lowest BCUT2D eigenvalue weighted by atomic mass is 10.1. The number of piperazine rings is 1. The maximum Gasteiger partial charge on any atom is 0.258 e. The van der Waals surface area contributed by atoms with E-state index in [9.17, 15) is 9.00 Å². The number of carbonyl (C=O) groups excluding carboxylic acids is 1. The fourth-order valence-corrected chi connectivity index (χ4v) is 4.21. The smallest absolute Gasteiger partial charge is 0.258 e. The van der Waals surface area contributed by atoms with Crippen molar-refractivity contribution < 1.29 is 9.00 Å². The highest BCUT2D eigenvalue weighted by Gasteiger charge is 2.18. The van der Waals surface area contributed by atoms with Crippen LogP contribution >= 0.6 is 11.9 Å². The van der Waals surface area contributed by atoms with Crippen LogP contribution in [0.1, 0.15) is 15.9 Å². The van der Waals surface area contributed by atoms with Crippen LogP contribution in [0.25, 0.3) is 0 Å². The van der Waals surface area contributed by atoms with Gasteiger partial charge in [-0.05, 0) is 41.8 Å². The fourth-order valence-electron chi connectivity index (χ4n) is 2.88. The number of aromatic nitrogens is 1. The molecule has 4 N–H and O–H groups in total. The van der Waals surface area contributed by atoms with E-state index in [1.165, 1.54) is 0 Å². The molecule has 0 aliphatic carbocycles. The maximum absolute atomic E-state index is 12.9. The number of rotatable bonds is 7. The number of hydrogen-bond acceptors (Lipinski definition) is 7. The second-order valence-electron chi connectivity index (χ2n) is 6.58. The van der Waals surface area contributed by atoms with Gasteiger partial charge < -0.3 is 16.4 Å². The van der Waals surface area contributed by atoms with Crippen LogP contribution in [0.5, 0.6) is 0 Å². The van der Waals surface area contributed by atoms with E-state index < -0.39 is 11.0 Å². The van der Waals surface area contributed by atoms with E-state index in [2.05, 4.69) is 19.9 Å². The molecule has 8 nitrogen and oxygen atoms in total. The van der Waals surface area contributed by atoms with Gasteiger partial charge in [-0.2, -0.15) is 0 Å². The Morgan fingerprint density at radius 1 is 1.34 bits per heavy atom. The second kappa shape index (κ2) is 10.2. The molecule has 0 spiro atoms. The summed E-state index contributed by atoms with van der Waals surface area (Å²) >= 11 is 1.67. The highest BCUT2D eigenvalue weighted by Crippen LogP contribution is 2.25. The minimum atomic E-state index is -1.26. The van der Waals surface area contributed by atoms with Crippen molar-refractivity contribution in [1.29, 1.82) is 0 Å². The van der Waals surface area contributed by atoms with Crippen LogP contribution in [0, 0.1) is 0 Å². The largest absolute Gasteiger partial charge is 0.326 e. The molecule has 1 aliphatic heterocycles. The van der Waals surface area contributed by atoms with Gasteiger partial charge in [0, 0.05) is 57.1 Å². The van der Waals surface area contributed by atoms with Gasteiger partial charge in [0.2, 0.25) is 0 Å². The molecule has 1 atom stereocenters. The molecule has 1 unspecified atom stereocenters. The molecule has 0 saturated carbocycles. The van der Waals surface area contributed by atoms with E-state index in [4.69, 9.17) is 5.73 Å². The van der Waals surface area contributed by atoms with Gasteiger partial charge in [0.05, 0.1) is 11.3 Å².